The van der Waals surface area contributed by atoms with Crippen molar-refractivity contribution >= 4 is 0 Å². The number of rotatable bonds is 6. The molecule has 0 saturated carbocycles. The van der Waals surface area contributed by atoms with Crippen LogP contribution in [0.3, 0.4) is 0 Å². The minimum absolute atomic E-state index is 0.462. The summed E-state index contributed by atoms with van der Waals surface area (Å²) in [5, 5.41) is 3.79. The first kappa shape index (κ1) is 17.0. The SMILES string of the molecule is CCN1CC(CC(C)(C)C)CC(NCCC(C)C)C1. The summed E-state index contributed by atoms with van der Waals surface area (Å²) in [7, 11) is 0. The third-order valence-corrected chi connectivity index (χ3v) is 4.12. The Labute approximate surface area is 121 Å². The van der Waals surface area contributed by atoms with Crippen LogP contribution in [0.5, 0.6) is 0 Å². The van der Waals surface area contributed by atoms with Gasteiger partial charge in [0, 0.05) is 19.1 Å². The number of piperidine rings is 1. The van der Waals surface area contributed by atoms with Crippen molar-refractivity contribution in [1.82, 2.24) is 10.2 Å². The fourth-order valence-electron chi connectivity index (χ4n) is 3.30. The van der Waals surface area contributed by atoms with Crippen LogP contribution in [0.4, 0.5) is 0 Å². The molecule has 1 N–H and O–H groups in total. The van der Waals surface area contributed by atoms with Crippen LogP contribution in [0, 0.1) is 17.3 Å². The molecule has 0 aromatic carbocycles. The predicted octanol–water partition coefficient (Wildman–Crippen LogP) is 3.77. The molecule has 114 valence electrons. The number of nitrogens with zero attached hydrogens (tertiary/aromatic N) is 1. The van der Waals surface area contributed by atoms with E-state index < -0.39 is 0 Å². The lowest BCUT2D eigenvalue weighted by Crippen LogP contribution is -2.49. The molecule has 2 nitrogen and oxygen atoms in total. The van der Waals surface area contributed by atoms with Crippen molar-refractivity contribution in [3.05, 3.63) is 0 Å². The largest absolute Gasteiger partial charge is 0.313 e. The Balaban J connectivity index is 2.43. The Morgan fingerprint density at radius 1 is 1.21 bits per heavy atom. The van der Waals surface area contributed by atoms with E-state index in [1.54, 1.807) is 0 Å². The van der Waals surface area contributed by atoms with Gasteiger partial charge in [-0.25, -0.2) is 0 Å². The Bertz CT molecular complexity index is 242. The third kappa shape index (κ3) is 7.31. The van der Waals surface area contributed by atoms with Gasteiger partial charge >= 0.3 is 0 Å². The summed E-state index contributed by atoms with van der Waals surface area (Å²) in [4.78, 5) is 2.63. The van der Waals surface area contributed by atoms with Crippen molar-refractivity contribution < 1.29 is 0 Å². The molecule has 0 aromatic heterocycles. The molecule has 1 saturated heterocycles. The predicted molar refractivity (Wildman–Crippen MR) is 85.5 cm³/mol. The van der Waals surface area contributed by atoms with Crippen molar-refractivity contribution in [2.24, 2.45) is 17.3 Å². The van der Waals surface area contributed by atoms with Crippen molar-refractivity contribution in [3.8, 4) is 0 Å². The third-order valence-electron chi connectivity index (χ3n) is 4.12. The van der Waals surface area contributed by atoms with Gasteiger partial charge in [-0.3, -0.25) is 0 Å². The van der Waals surface area contributed by atoms with Gasteiger partial charge in [0.15, 0.2) is 0 Å². The molecule has 2 atom stereocenters. The highest BCUT2D eigenvalue weighted by Gasteiger charge is 2.28. The molecule has 0 aromatic rings. The number of nitrogens with one attached hydrogen (secondary N) is 1. The summed E-state index contributed by atoms with van der Waals surface area (Å²) < 4.78 is 0. The van der Waals surface area contributed by atoms with Crippen LogP contribution in [0.1, 0.15) is 60.8 Å². The van der Waals surface area contributed by atoms with Gasteiger partial charge in [0.25, 0.3) is 0 Å². The minimum Gasteiger partial charge on any atom is -0.313 e. The van der Waals surface area contributed by atoms with Crippen LogP contribution in [0.25, 0.3) is 0 Å². The molecule has 0 spiro atoms. The minimum atomic E-state index is 0.462. The van der Waals surface area contributed by atoms with E-state index in [4.69, 9.17) is 0 Å². The summed E-state index contributed by atoms with van der Waals surface area (Å²) in [6, 6.07) is 0.708. The van der Waals surface area contributed by atoms with Crippen LogP contribution in [-0.4, -0.2) is 37.1 Å². The van der Waals surface area contributed by atoms with Crippen molar-refractivity contribution in [2.45, 2.75) is 66.8 Å². The van der Waals surface area contributed by atoms with Crippen LogP contribution >= 0.6 is 0 Å². The van der Waals surface area contributed by atoms with E-state index in [1.807, 2.05) is 0 Å². The van der Waals surface area contributed by atoms with E-state index in [0.717, 1.165) is 11.8 Å². The van der Waals surface area contributed by atoms with Gasteiger partial charge in [0.1, 0.15) is 0 Å². The molecule has 1 aliphatic heterocycles. The standard InChI is InChI=1S/C17H36N2/c1-7-19-12-15(11-17(4,5)6)10-16(13-19)18-9-8-14(2)3/h14-16,18H,7-13H2,1-6H3. The molecular formula is C17H36N2. The maximum atomic E-state index is 3.79. The zero-order valence-corrected chi connectivity index (χ0v) is 14.1. The second-order valence-corrected chi connectivity index (χ2v) is 8.05. The fourth-order valence-corrected chi connectivity index (χ4v) is 3.30. The van der Waals surface area contributed by atoms with Crippen molar-refractivity contribution in [2.75, 3.05) is 26.2 Å². The van der Waals surface area contributed by atoms with Gasteiger partial charge in [0.05, 0.1) is 0 Å². The zero-order valence-electron chi connectivity index (χ0n) is 14.1. The van der Waals surface area contributed by atoms with Crippen molar-refractivity contribution in [3.63, 3.8) is 0 Å². The van der Waals surface area contributed by atoms with Gasteiger partial charge in [-0.15, -0.1) is 0 Å². The monoisotopic (exact) mass is 268 g/mol. The first-order chi connectivity index (χ1) is 8.80. The van der Waals surface area contributed by atoms with Gasteiger partial charge in [-0.2, -0.15) is 0 Å². The van der Waals surface area contributed by atoms with Gasteiger partial charge in [-0.1, -0.05) is 41.5 Å². The number of hydrogen-bond donors (Lipinski definition) is 1. The zero-order chi connectivity index (χ0) is 14.5. The van der Waals surface area contributed by atoms with Gasteiger partial charge in [0.2, 0.25) is 0 Å². The molecular weight excluding hydrogens is 232 g/mol. The first-order valence-corrected chi connectivity index (χ1v) is 8.26. The van der Waals surface area contributed by atoms with Crippen LogP contribution in [0.15, 0.2) is 0 Å². The van der Waals surface area contributed by atoms with E-state index in [-0.39, 0.29) is 0 Å². The number of hydrogen-bond acceptors (Lipinski definition) is 2. The Kier molecular flexibility index (Phi) is 6.82. The maximum Gasteiger partial charge on any atom is 0.0198 e. The quantitative estimate of drug-likeness (QED) is 0.789. The fraction of sp³-hybridized carbons (Fsp3) is 1.00. The average molecular weight is 268 g/mol. The first-order valence-electron chi connectivity index (χ1n) is 8.26. The Hall–Kier alpha value is -0.0800. The van der Waals surface area contributed by atoms with Crippen LogP contribution in [0.2, 0.25) is 0 Å². The van der Waals surface area contributed by atoms with Crippen LogP contribution in [-0.2, 0) is 0 Å². The highest BCUT2D eigenvalue weighted by molar-refractivity contribution is 4.85. The molecule has 1 rings (SSSR count). The maximum absolute atomic E-state index is 3.79. The Morgan fingerprint density at radius 2 is 1.89 bits per heavy atom. The normalized spacial score (nSPS) is 26.1. The molecule has 2 unspecified atom stereocenters. The Morgan fingerprint density at radius 3 is 2.42 bits per heavy atom. The van der Waals surface area contributed by atoms with Crippen molar-refractivity contribution in [1.29, 1.82) is 0 Å². The molecule has 0 aliphatic carbocycles. The second-order valence-electron chi connectivity index (χ2n) is 8.05. The lowest BCUT2D eigenvalue weighted by molar-refractivity contribution is 0.118. The average Bonchev–Trinajstić information content (AvgIpc) is 2.25. The molecule has 0 bridgehead atoms. The summed E-state index contributed by atoms with van der Waals surface area (Å²) in [6.45, 7) is 19.0. The molecule has 1 heterocycles. The molecule has 2 heteroatoms. The molecule has 0 radical (unpaired) electrons. The summed E-state index contributed by atoms with van der Waals surface area (Å²) in [5.74, 6) is 1.67. The topological polar surface area (TPSA) is 15.3 Å². The summed E-state index contributed by atoms with van der Waals surface area (Å²) in [6.07, 6.45) is 4.02. The molecule has 1 fully saturated rings. The summed E-state index contributed by atoms with van der Waals surface area (Å²) >= 11 is 0. The highest BCUT2D eigenvalue weighted by atomic mass is 15.2. The van der Waals surface area contributed by atoms with E-state index >= 15 is 0 Å². The van der Waals surface area contributed by atoms with E-state index in [9.17, 15) is 0 Å². The van der Waals surface area contributed by atoms with E-state index in [0.29, 0.717) is 11.5 Å². The lowest BCUT2D eigenvalue weighted by Gasteiger charge is -2.40. The van der Waals surface area contributed by atoms with Gasteiger partial charge < -0.3 is 10.2 Å². The van der Waals surface area contributed by atoms with E-state index in [2.05, 4.69) is 51.8 Å². The molecule has 0 amide bonds. The highest BCUT2D eigenvalue weighted by Crippen LogP contribution is 2.30. The van der Waals surface area contributed by atoms with Gasteiger partial charge in [-0.05, 0) is 49.6 Å². The summed E-state index contributed by atoms with van der Waals surface area (Å²) in [5.41, 5.74) is 0.462. The lowest BCUT2D eigenvalue weighted by atomic mass is 9.80. The number of likely N-dealkylation sites (N-methyl/N-ethyl adjacent to an activating group) is 1. The molecule has 1 aliphatic rings. The van der Waals surface area contributed by atoms with E-state index in [1.165, 1.54) is 45.4 Å². The smallest absolute Gasteiger partial charge is 0.0198 e. The second kappa shape index (κ2) is 7.64. The number of likely N-dealkylation sites (tertiary alicyclic amines) is 1. The molecule has 19 heavy (non-hydrogen) atoms. The van der Waals surface area contributed by atoms with Crippen LogP contribution < -0.4 is 5.32 Å².